The number of halogens is 1. The quantitative estimate of drug-likeness (QED) is 0.731. The van der Waals surface area contributed by atoms with Crippen molar-refractivity contribution in [1.29, 1.82) is 5.26 Å². The lowest BCUT2D eigenvalue weighted by molar-refractivity contribution is -0.120. The lowest BCUT2D eigenvalue weighted by atomic mass is 10.3. The van der Waals surface area contributed by atoms with Gasteiger partial charge in [-0.05, 0) is 12.1 Å². The van der Waals surface area contributed by atoms with Gasteiger partial charge in [-0.2, -0.15) is 5.26 Å². The highest BCUT2D eigenvalue weighted by molar-refractivity contribution is 5.81. The summed E-state index contributed by atoms with van der Waals surface area (Å²) in [5, 5.41) is 8.19. The van der Waals surface area contributed by atoms with Crippen molar-refractivity contribution in [3.63, 3.8) is 0 Å². The van der Waals surface area contributed by atoms with Crippen molar-refractivity contribution in [2.75, 3.05) is 6.61 Å². The van der Waals surface area contributed by atoms with E-state index < -0.39 is 5.82 Å². The molecule has 0 atom stereocenters. The van der Waals surface area contributed by atoms with E-state index in [1.807, 2.05) is 0 Å². The Balaban J connectivity index is 2.46. The molecule has 1 rings (SSSR count). The monoisotopic (exact) mass is 193 g/mol. The van der Waals surface area contributed by atoms with Crippen LogP contribution in [0.15, 0.2) is 24.3 Å². The first-order valence-electron chi connectivity index (χ1n) is 3.99. The number of hydrogen-bond acceptors (Lipinski definition) is 3. The smallest absolute Gasteiger partial charge is 0.184 e. The summed E-state index contributed by atoms with van der Waals surface area (Å²) in [6.45, 7) is -0.197. The first-order chi connectivity index (χ1) is 6.72. The van der Waals surface area contributed by atoms with Crippen LogP contribution >= 0.6 is 0 Å². The van der Waals surface area contributed by atoms with Gasteiger partial charge in [-0.3, -0.25) is 4.79 Å². The van der Waals surface area contributed by atoms with E-state index >= 15 is 0 Å². The van der Waals surface area contributed by atoms with E-state index in [-0.39, 0.29) is 24.6 Å². The maximum atomic E-state index is 12.6. The molecule has 0 saturated heterocycles. The molecule has 0 unspecified atom stereocenters. The summed E-state index contributed by atoms with van der Waals surface area (Å²) in [7, 11) is 0. The highest BCUT2D eigenvalue weighted by Gasteiger charge is 2.02. The molecule has 72 valence electrons. The van der Waals surface area contributed by atoms with Crippen LogP contribution < -0.4 is 4.74 Å². The average Bonchev–Trinajstić information content (AvgIpc) is 2.15. The summed E-state index contributed by atoms with van der Waals surface area (Å²) in [4.78, 5) is 10.9. The molecule has 1 aromatic carbocycles. The normalized spacial score (nSPS) is 9.14. The van der Waals surface area contributed by atoms with Crippen LogP contribution in [0.4, 0.5) is 4.39 Å². The fourth-order valence-corrected chi connectivity index (χ4v) is 0.860. The molecule has 4 heteroatoms. The van der Waals surface area contributed by atoms with Gasteiger partial charge in [-0.25, -0.2) is 4.39 Å². The molecule has 0 saturated carbocycles. The van der Waals surface area contributed by atoms with E-state index in [9.17, 15) is 9.18 Å². The second-order valence-electron chi connectivity index (χ2n) is 2.62. The zero-order valence-corrected chi connectivity index (χ0v) is 7.37. The van der Waals surface area contributed by atoms with Crippen molar-refractivity contribution in [2.24, 2.45) is 0 Å². The fraction of sp³-hybridized carbons (Fsp3) is 0.200. The molecule has 0 spiro atoms. The van der Waals surface area contributed by atoms with Crippen molar-refractivity contribution in [1.82, 2.24) is 0 Å². The van der Waals surface area contributed by atoms with Crippen LogP contribution in [0.25, 0.3) is 0 Å². The van der Waals surface area contributed by atoms with Crippen LogP contribution in [0.5, 0.6) is 5.75 Å². The molecule has 0 aliphatic carbocycles. The van der Waals surface area contributed by atoms with Crippen molar-refractivity contribution in [3.05, 3.63) is 30.1 Å². The summed E-state index contributed by atoms with van der Waals surface area (Å²) in [6.07, 6.45) is -0.185. The largest absolute Gasteiger partial charge is 0.486 e. The lowest BCUT2D eigenvalue weighted by Gasteiger charge is -2.03. The Morgan fingerprint density at radius 3 is 3.00 bits per heavy atom. The molecule has 0 heterocycles. The van der Waals surface area contributed by atoms with Crippen LogP contribution in [0.1, 0.15) is 6.42 Å². The maximum absolute atomic E-state index is 12.6. The van der Waals surface area contributed by atoms with Gasteiger partial charge in [0.2, 0.25) is 0 Å². The second-order valence-corrected chi connectivity index (χ2v) is 2.62. The van der Waals surface area contributed by atoms with Gasteiger partial charge in [0, 0.05) is 6.07 Å². The molecular weight excluding hydrogens is 185 g/mol. The van der Waals surface area contributed by atoms with Crippen LogP contribution in [0.2, 0.25) is 0 Å². The molecule has 3 nitrogen and oxygen atoms in total. The maximum Gasteiger partial charge on any atom is 0.184 e. The summed E-state index contributed by atoms with van der Waals surface area (Å²) >= 11 is 0. The molecule has 0 aliphatic heterocycles. The zero-order chi connectivity index (χ0) is 10.4. The Kier molecular flexibility index (Phi) is 3.62. The first kappa shape index (κ1) is 10.2. The van der Waals surface area contributed by atoms with Gasteiger partial charge in [0.25, 0.3) is 0 Å². The molecule has 0 fully saturated rings. The topological polar surface area (TPSA) is 50.1 Å². The Morgan fingerprint density at radius 2 is 2.36 bits per heavy atom. The van der Waals surface area contributed by atoms with Gasteiger partial charge >= 0.3 is 0 Å². The number of ketones is 1. The number of carbonyl (C=O) groups is 1. The molecule has 0 amide bonds. The van der Waals surface area contributed by atoms with Gasteiger partial charge in [0.15, 0.2) is 5.78 Å². The molecule has 0 N–H and O–H groups in total. The number of carbonyl (C=O) groups excluding carboxylic acids is 1. The number of rotatable bonds is 4. The summed E-state index contributed by atoms with van der Waals surface area (Å²) in [6, 6.07) is 7.20. The predicted octanol–water partition coefficient (Wildman–Crippen LogP) is 1.69. The van der Waals surface area contributed by atoms with E-state index in [0.29, 0.717) is 0 Å². The molecule has 14 heavy (non-hydrogen) atoms. The van der Waals surface area contributed by atoms with Crippen LogP contribution in [-0.2, 0) is 4.79 Å². The summed E-state index contributed by atoms with van der Waals surface area (Å²) in [5.41, 5.74) is 0. The number of nitrogens with zero attached hydrogens (tertiary/aromatic N) is 1. The summed E-state index contributed by atoms with van der Waals surface area (Å²) < 4.78 is 17.6. The average molecular weight is 193 g/mol. The Morgan fingerprint density at radius 1 is 1.57 bits per heavy atom. The molecule has 0 radical (unpaired) electrons. The number of nitriles is 1. The van der Waals surface area contributed by atoms with Gasteiger partial charge in [-0.15, -0.1) is 0 Å². The van der Waals surface area contributed by atoms with Gasteiger partial charge in [-0.1, -0.05) is 6.07 Å². The van der Waals surface area contributed by atoms with Crippen molar-refractivity contribution in [3.8, 4) is 11.8 Å². The van der Waals surface area contributed by atoms with Crippen molar-refractivity contribution >= 4 is 5.78 Å². The van der Waals surface area contributed by atoms with E-state index in [1.54, 1.807) is 12.1 Å². The third-order valence-corrected chi connectivity index (χ3v) is 1.47. The third kappa shape index (κ3) is 3.23. The standard InChI is InChI=1S/C10H8FNO2/c11-8-2-1-3-10(6-8)14-7-9(13)4-5-12/h1-3,6H,4,7H2. The Labute approximate surface area is 80.7 Å². The van der Waals surface area contributed by atoms with Crippen LogP contribution in [0.3, 0.4) is 0 Å². The molecule has 0 aromatic heterocycles. The van der Waals surface area contributed by atoms with Crippen molar-refractivity contribution in [2.45, 2.75) is 6.42 Å². The van der Waals surface area contributed by atoms with Gasteiger partial charge < -0.3 is 4.74 Å². The Hall–Kier alpha value is -1.89. The molecule has 0 bridgehead atoms. The third-order valence-electron chi connectivity index (χ3n) is 1.47. The highest BCUT2D eigenvalue weighted by atomic mass is 19.1. The SMILES string of the molecule is N#CCC(=O)COc1cccc(F)c1. The van der Waals surface area contributed by atoms with Crippen LogP contribution in [0, 0.1) is 17.1 Å². The number of hydrogen-bond donors (Lipinski definition) is 0. The molecule has 0 aliphatic rings. The van der Waals surface area contributed by atoms with E-state index in [2.05, 4.69) is 0 Å². The number of ether oxygens (including phenoxy) is 1. The Bertz CT molecular complexity index is 371. The van der Waals surface area contributed by atoms with Gasteiger partial charge in [0.1, 0.15) is 18.2 Å². The molecule has 1 aromatic rings. The number of benzene rings is 1. The minimum absolute atomic E-state index is 0.185. The zero-order valence-electron chi connectivity index (χ0n) is 7.37. The fourth-order valence-electron chi connectivity index (χ4n) is 0.860. The van der Waals surface area contributed by atoms with E-state index in [1.165, 1.54) is 18.2 Å². The minimum Gasteiger partial charge on any atom is -0.486 e. The van der Waals surface area contributed by atoms with E-state index in [0.717, 1.165) is 0 Å². The van der Waals surface area contributed by atoms with Crippen LogP contribution in [-0.4, -0.2) is 12.4 Å². The van der Waals surface area contributed by atoms with Gasteiger partial charge in [0.05, 0.1) is 12.5 Å². The predicted molar refractivity (Wildman–Crippen MR) is 47.1 cm³/mol. The summed E-state index contributed by atoms with van der Waals surface area (Å²) in [5.74, 6) is -0.455. The second kappa shape index (κ2) is 4.97. The lowest BCUT2D eigenvalue weighted by Crippen LogP contribution is -2.10. The first-order valence-corrected chi connectivity index (χ1v) is 3.99. The molecular formula is C10H8FNO2. The minimum atomic E-state index is -0.421. The number of Topliss-reactive ketones (excluding diaryl/α,β-unsaturated/α-hetero) is 1. The van der Waals surface area contributed by atoms with E-state index in [4.69, 9.17) is 10.00 Å². The highest BCUT2D eigenvalue weighted by Crippen LogP contribution is 2.11. The van der Waals surface area contributed by atoms with Crippen molar-refractivity contribution < 1.29 is 13.9 Å².